The van der Waals surface area contributed by atoms with Gasteiger partial charge in [-0.05, 0) is 119 Å². The van der Waals surface area contributed by atoms with Crippen LogP contribution in [0.15, 0.2) is 230 Å². The maximum atomic E-state index is 8.11. The van der Waals surface area contributed by atoms with Crippen LogP contribution in [0, 0.1) is 0 Å². The molecule has 0 aliphatic heterocycles. The average Bonchev–Trinajstić information content (AvgIpc) is 3.75. The van der Waals surface area contributed by atoms with Gasteiger partial charge in [0.05, 0.1) is 29.9 Å². The van der Waals surface area contributed by atoms with Crippen LogP contribution < -0.4 is 20.2 Å². The van der Waals surface area contributed by atoms with Crippen molar-refractivity contribution >= 4 is 71.7 Å². The smallest absolute Gasteiger partial charge is 0.145 e. The molecule has 1 heterocycles. The standard InChI is InChI=1S/C61H56N4Si2/c1-66(2,3)57-41-37-54(38-42-57)63(50-15-9-7-10-16-50)52-31-25-46(26-32-52)45-21-23-49(24-22-45)61-62-59-19-13-14-20-60(59)65(61)56-35-29-48(30-36-56)47-27-33-53(34-28-47)64(51-17-11-8-12-18-51)55-39-43-58(44-40-55)67(4,5)6/h7-44H,1-6H3/i7D,8D. The number of hydrogen-bond acceptors (Lipinski definition) is 3. The molecule has 0 radical (unpaired) electrons. The molecule has 0 spiro atoms. The van der Waals surface area contributed by atoms with Gasteiger partial charge in [-0.15, -0.1) is 0 Å². The normalized spacial score (nSPS) is 12.1. The van der Waals surface area contributed by atoms with Gasteiger partial charge in [-0.1, -0.05) is 183 Å². The van der Waals surface area contributed by atoms with Crippen molar-refractivity contribution in [1.82, 2.24) is 9.55 Å². The van der Waals surface area contributed by atoms with E-state index in [4.69, 9.17) is 7.73 Å². The summed E-state index contributed by atoms with van der Waals surface area (Å²) >= 11 is 0. The number of fused-ring (bicyclic) bond motifs is 1. The van der Waals surface area contributed by atoms with Gasteiger partial charge in [0.1, 0.15) is 5.82 Å². The molecular formula is C61H56N4Si2. The minimum atomic E-state index is -1.45. The largest absolute Gasteiger partial charge is 0.311 e. The quantitative estimate of drug-likeness (QED) is 0.114. The lowest BCUT2D eigenvalue weighted by molar-refractivity contribution is 1.10. The van der Waals surface area contributed by atoms with E-state index in [1.807, 2.05) is 54.6 Å². The molecule has 0 bridgehead atoms. The van der Waals surface area contributed by atoms with Gasteiger partial charge in [-0.2, -0.15) is 0 Å². The van der Waals surface area contributed by atoms with E-state index in [0.717, 1.165) is 84.5 Å². The Balaban J connectivity index is 0.914. The maximum Gasteiger partial charge on any atom is 0.145 e. The van der Waals surface area contributed by atoms with Crippen LogP contribution >= 0.6 is 0 Å². The minimum Gasteiger partial charge on any atom is -0.311 e. The molecule has 328 valence electrons. The van der Waals surface area contributed by atoms with E-state index in [9.17, 15) is 0 Å². The predicted molar refractivity (Wildman–Crippen MR) is 293 cm³/mol. The molecule has 1 aromatic heterocycles. The number of nitrogens with zero attached hydrogens (tertiary/aromatic N) is 4. The Morgan fingerprint density at radius 2 is 0.687 bits per heavy atom. The number of rotatable bonds is 12. The van der Waals surface area contributed by atoms with E-state index < -0.39 is 16.1 Å². The van der Waals surface area contributed by atoms with Crippen LogP contribution in [0.3, 0.4) is 0 Å². The predicted octanol–water partition coefficient (Wildman–Crippen LogP) is 16.1. The van der Waals surface area contributed by atoms with Gasteiger partial charge in [-0.3, -0.25) is 4.57 Å². The van der Waals surface area contributed by atoms with Crippen molar-refractivity contribution in [2.24, 2.45) is 0 Å². The van der Waals surface area contributed by atoms with E-state index in [1.54, 1.807) is 0 Å². The number of imidazole rings is 1. The number of anilines is 6. The molecule has 0 atom stereocenters. The first-order valence-electron chi connectivity index (χ1n) is 24.1. The molecule has 0 saturated carbocycles. The summed E-state index contributed by atoms with van der Waals surface area (Å²) in [5, 5.41) is 2.85. The first-order valence-corrected chi connectivity index (χ1v) is 30.1. The van der Waals surface area contributed by atoms with Gasteiger partial charge in [0.2, 0.25) is 0 Å². The molecule has 6 heteroatoms. The highest BCUT2D eigenvalue weighted by atomic mass is 28.3. The molecule has 10 aromatic rings. The summed E-state index contributed by atoms with van der Waals surface area (Å²) in [6, 6.07) is 77.8. The maximum absolute atomic E-state index is 8.11. The van der Waals surface area contributed by atoms with Crippen LogP contribution in [-0.2, 0) is 0 Å². The van der Waals surface area contributed by atoms with E-state index >= 15 is 0 Å². The zero-order chi connectivity index (χ0) is 47.9. The minimum absolute atomic E-state index is 0.495. The molecule has 0 fully saturated rings. The first-order chi connectivity index (χ1) is 33.3. The molecule has 0 N–H and O–H groups in total. The second kappa shape index (κ2) is 18.0. The Kier molecular flexibility index (Phi) is 11.0. The third kappa shape index (κ3) is 9.06. The Labute approximate surface area is 400 Å². The molecule has 0 saturated heterocycles. The van der Waals surface area contributed by atoms with Crippen molar-refractivity contribution in [2.75, 3.05) is 9.80 Å². The van der Waals surface area contributed by atoms with Crippen LogP contribution in [-0.4, -0.2) is 25.7 Å². The highest BCUT2D eigenvalue weighted by molar-refractivity contribution is 6.89. The second-order valence-corrected chi connectivity index (χ2v) is 29.4. The molecule has 9 aromatic carbocycles. The van der Waals surface area contributed by atoms with Crippen LogP contribution in [0.1, 0.15) is 2.74 Å². The van der Waals surface area contributed by atoms with Gasteiger partial charge in [0.15, 0.2) is 0 Å². The van der Waals surface area contributed by atoms with Gasteiger partial charge in [-0.25, -0.2) is 4.98 Å². The SMILES string of the molecule is [2H]c1ccc(N(c2ccc(-c3ccc(-c4nc5ccccc5n4-c4ccc(-c5ccc(N(c6ccc([2H])cc6)c6ccc([Si](C)(C)C)cc6)cc5)cc4)cc3)cc2)c2ccc([Si](C)(C)C)cc2)cc1. The summed E-state index contributed by atoms with van der Waals surface area (Å²) in [6.07, 6.45) is 0. The summed E-state index contributed by atoms with van der Waals surface area (Å²) in [7, 11) is -2.90. The molecule has 0 amide bonds. The molecule has 0 aliphatic rings. The fourth-order valence-corrected chi connectivity index (χ4v) is 11.2. The fraction of sp³-hybridized carbons (Fsp3) is 0.0984. The van der Waals surface area contributed by atoms with Crippen molar-refractivity contribution in [2.45, 2.75) is 39.3 Å². The number of benzene rings is 9. The van der Waals surface area contributed by atoms with E-state index in [2.05, 4.69) is 217 Å². The van der Waals surface area contributed by atoms with E-state index in [-0.39, 0.29) is 0 Å². The zero-order valence-electron chi connectivity index (χ0n) is 41.1. The number of aromatic nitrogens is 2. The third-order valence-electron chi connectivity index (χ3n) is 12.6. The monoisotopic (exact) mass is 902 g/mol. The van der Waals surface area contributed by atoms with Crippen molar-refractivity contribution in [3.05, 3.63) is 230 Å². The zero-order valence-corrected chi connectivity index (χ0v) is 41.1. The van der Waals surface area contributed by atoms with Crippen molar-refractivity contribution < 1.29 is 2.74 Å². The summed E-state index contributed by atoms with van der Waals surface area (Å²) in [4.78, 5) is 9.71. The third-order valence-corrected chi connectivity index (χ3v) is 16.8. The molecule has 0 unspecified atom stereocenters. The molecular weight excluding hydrogens is 845 g/mol. The van der Waals surface area contributed by atoms with E-state index in [1.165, 1.54) is 10.4 Å². The molecule has 67 heavy (non-hydrogen) atoms. The van der Waals surface area contributed by atoms with Crippen LogP contribution in [0.2, 0.25) is 39.3 Å². The van der Waals surface area contributed by atoms with Crippen LogP contribution in [0.5, 0.6) is 0 Å². The lowest BCUT2D eigenvalue weighted by Gasteiger charge is -2.26. The Bertz CT molecular complexity index is 3360. The van der Waals surface area contributed by atoms with E-state index in [0.29, 0.717) is 12.1 Å². The first kappa shape index (κ1) is 41.0. The second-order valence-electron chi connectivity index (χ2n) is 19.3. The van der Waals surface area contributed by atoms with Gasteiger partial charge in [0, 0.05) is 45.4 Å². The topological polar surface area (TPSA) is 24.3 Å². The summed E-state index contributed by atoms with van der Waals surface area (Å²) in [5.41, 5.74) is 14.9. The highest BCUT2D eigenvalue weighted by Gasteiger charge is 2.21. The highest BCUT2D eigenvalue weighted by Crippen LogP contribution is 2.38. The lowest BCUT2D eigenvalue weighted by Crippen LogP contribution is -2.37. The van der Waals surface area contributed by atoms with Crippen LogP contribution in [0.4, 0.5) is 34.1 Å². The Hall–Kier alpha value is -7.52. The van der Waals surface area contributed by atoms with Crippen molar-refractivity contribution in [3.8, 4) is 39.3 Å². The lowest BCUT2D eigenvalue weighted by atomic mass is 10.0. The van der Waals surface area contributed by atoms with Crippen LogP contribution in [0.25, 0.3) is 50.4 Å². The van der Waals surface area contributed by atoms with Crippen molar-refractivity contribution in [3.63, 3.8) is 0 Å². The van der Waals surface area contributed by atoms with Gasteiger partial charge in [0.25, 0.3) is 0 Å². The summed E-state index contributed by atoms with van der Waals surface area (Å²) < 4.78 is 18.5. The number of para-hydroxylation sites is 4. The fourth-order valence-electron chi connectivity index (χ4n) is 8.87. The number of hydrogen-bond donors (Lipinski definition) is 0. The average molecular weight is 903 g/mol. The Morgan fingerprint density at radius 1 is 0.358 bits per heavy atom. The summed E-state index contributed by atoms with van der Waals surface area (Å²) in [5.74, 6) is 0.890. The molecule has 4 nitrogen and oxygen atoms in total. The summed E-state index contributed by atoms with van der Waals surface area (Å²) in [6.45, 7) is 14.2. The molecule has 10 rings (SSSR count). The Morgan fingerprint density at radius 3 is 1.09 bits per heavy atom. The van der Waals surface area contributed by atoms with Gasteiger partial charge >= 0.3 is 0 Å². The van der Waals surface area contributed by atoms with Gasteiger partial charge < -0.3 is 9.80 Å². The van der Waals surface area contributed by atoms with Crippen molar-refractivity contribution in [1.29, 1.82) is 0 Å². The molecule has 0 aliphatic carbocycles.